The number of carbonyl (C=O) groups excluding carboxylic acids is 2. The number of thiophene rings is 1. The number of amides is 1. The monoisotopic (exact) mass is 539 g/mol. The molecule has 3 N–H and O–H groups in total. The molecule has 3 aromatic rings. The summed E-state index contributed by atoms with van der Waals surface area (Å²) in [5, 5.41) is 10.4. The number of methoxy groups -OCH3 is 1. The van der Waals surface area contributed by atoms with Gasteiger partial charge in [-0.1, -0.05) is 30.2 Å². The van der Waals surface area contributed by atoms with Crippen LogP contribution in [-0.4, -0.2) is 29.9 Å². The summed E-state index contributed by atoms with van der Waals surface area (Å²) in [6.07, 6.45) is 5.09. The van der Waals surface area contributed by atoms with E-state index in [1.807, 2.05) is 55.5 Å². The number of rotatable bonds is 7. The molecule has 4 rings (SSSR count). The first-order valence-electron chi connectivity index (χ1n) is 11.8. The average molecular weight is 540 g/mol. The largest absolute Gasteiger partial charge is 0.465 e. The summed E-state index contributed by atoms with van der Waals surface area (Å²) in [7, 11) is 1.38. The van der Waals surface area contributed by atoms with Crippen LogP contribution in [0.25, 0.3) is 0 Å². The topological polar surface area (TPSA) is 79.5 Å². The van der Waals surface area contributed by atoms with Crippen molar-refractivity contribution in [3.8, 4) is 0 Å². The van der Waals surface area contributed by atoms with Gasteiger partial charge in [-0.25, -0.2) is 4.79 Å². The van der Waals surface area contributed by atoms with Crippen LogP contribution in [0.5, 0.6) is 0 Å². The minimum Gasteiger partial charge on any atom is -0.465 e. The smallest absolute Gasteiger partial charge is 0.341 e. The van der Waals surface area contributed by atoms with Gasteiger partial charge in [0.05, 0.1) is 18.4 Å². The van der Waals surface area contributed by atoms with E-state index in [2.05, 4.69) is 16.0 Å². The number of benzene rings is 2. The van der Waals surface area contributed by atoms with E-state index in [1.165, 1.54) is 40.6 Å². The predicted octanol–water partition coefficient (Wildman–Crippen LogP) is 6.65. The van der Waals surface area contributed by atoms with Crippen molar-refractivity contribution in [3.05, 3.63) is 70.1 Å². The van der Waals surface area contributed by atoms with E-state index in [1.54, 1.807) is 0 Å². The molecule has 6 nitrogen and oxygen atoms in total. The molecular weight excluding hydrogens is 511 g/mol. The molecule has 1 aromatic heterocycles. The number of thioether (sulfide) groups is 1. The first kappa shape index (κ1) is 26.2. The van der Waals surface area contributed by atoms with Crippen LogP contribution < -0.4 is 16.0 Å². The lowest BCUT2D eigenvalue weighted by Gasteiger charge is -2.12. The zero-order valence-electron chi connectivity index (χ0n) is 20.3. The molecule has 1 amide bonds. The number of nitrogens with one attached hydrogen (secondary N) is 3. The lowest BCUT2D eigenvalue weighted by molar-refractivity contribution is -0.113. The van der Waals surface area contributed by atoms with Gasteiger partial charge >= 0.3 is 5.97 Å². The Labute approximate surface area is 225 Å². The maximum atomic E-state index is 12.8. The van der Waals surface area contributed by atoms with Crippen molar-refractivity contribution in [2.24, 2.45) is 0 Å². The van der Waals surface area contributed by atoms with Crippen LogP contribution in [0.15, 0.2) is 53.4 Å². The summed E-state index contributed by atoms with van der Waals surface area (Å²) in [6, 6.07) is 15.7. The molecular formula is C27H29N3O3S3. The molecule has 0 saturated carbocycles. The first-order valence-corrected chi connectivity index (χ1v) is 14.0. The van der Waals surface area contributed by atoms with E-state index in [4.69, 9.17) is 17.0 Å². The quantitative estimate of drug-likeness (QED) is 0.134. The molecule has 1 aliphatic carbocycles. The number of esters is 1. The van der Waals surface area contributed by atoms with Crippen molar-refractivity contribution in [1.29, 1.82) is 0 Å². The summed E-state index contributed by atoms with van der Waals surface area (Å²) in [4.78, 5) is 27.4. The molecule has 2 aromatic carbocycles. The van der Waals surface area contributed by atoms with Gasteiger partial charge in [0.2, 0.25) is 5.91 Å². The standard InChI is InChI=1S/C27H29N3O3S3/c1-17-11-13-18(14-12-17)28-27(34)29-19-7-6-8-20(15-19)35-16-23(31)30-25-24(26(32)33-2)21-9-4-3-5-10-22(21)36-25/h6-8,11-15H,3-5,9-10,16H2,1-2H3,(H,30,31)(H2,28,29,34). The molecule has 1 heterocycles. The number of ether oxygens (including phenoxy) is 1. The summed E-state index contributed by atoms with van der Waals surface area (Å²) in [5.41, 5.74) is 4.50. The number of fused-ring (bicyclic) bond motifs is 1. The molecule has 36 heavy (non-hydrogen) atoms. The molecule has 0 bridgehead atoms. The van der Waals surface area contributed by atoms with Gasteiger partial charge in [-0.2, -0.15) is 0 Å². The second-order valence-corrected chi connectivity index (χ2v) is 11.1. The van der Waals surface area contributed by atoms with Gasteiger partial charge in [0, 0.05) is 21.1 Å². The maximum absolute atomic E-state index is 12.8. The minimum absolute atomic E-state index is 0.156. The van der Waals surface area contributed by atoms with E-state index >= 15 is 0 Å². The predicted molar refractivity (Wildman–Crippen MR) is 154 cm³/mol. The fourth-order valence-corrected chi connectivity index (χ4v) is 6.34. The van der Waals surface area contributed by atoms with Gasteiger partial charge in [-0.15, -0.1) is 23.1 Å². The molecule has 1 aliphatic rings. The van der Waals surface area contributed by atoms with E-state index < -0.39 is 0 Å². The Hall–Kier alpha value is -2.88. The van der Waals surface area contributed by atoms with Crippen LogP contribution in [0.4, 0.5) is 16.4 Å². The number of hydrogen-bond donors (Lipinski definition) is 3. The van der Waals surface area contributed by atoms with Crippen molar-refractivity contribution in [2.75, 3.05) is 28.8 Å². The highest BCUT2D eigenvalue weighted by Crippen LogP contribution is 2.38. The molecule has 0 unspecified atom stereocenters. The summed E-state index contributed by atoms with van der Waals surface area (Å²) >= 11 is 8.36. The second-order valence-electron chi connectivity index (χ2n) is 8.57. The normalized spacial score (nSPS) is 12.7. The number of carbonyl (C=O) groups is 2. The Kier molecular flexibility index (Phi) is 9.01. The Morgan fingerprint density at radius 3 is 2.53 bits per heavy atom. The van der Waals surface area contributed by atoms with Crippen molar-refractivity contribution < 1.29 is 14.3 Å². The highest BCUT2D eigenvalue weighted by molar-refractivity contribution is 8.00. The zero-order chi connectivity index (χ0) is 25.5. The van der Waals surface area contributed by atoms with E-state index in [9.17, 15) is 9.59 Å². The van der Waals surface area contributed by atoms with Gasteiger partial charge in [-0.3, -0.25) is 4.79 Å². The Balaban J connectivity index is 1.35. The minimum atomic E-state index is -0.383. The molecule has 0 atom stereocenters. The first-order chi connectivity index (χ1) is 17.4. The van der Waals surface area contributed by atoms with Crippen LogP contribution in [-0.2, 0) is 22.4 Å². The number of anilines is 3. The van der Waals surface area contributed by atoms with Gasteiger partial charge < -0.3 is 20.7 Å². The summed E-state index contributed by atoms with van der Waals surface area (Å²) in [5.74, 6) is -0.318. The van der Waals surface area contributed by atoms with Crippen molar-refractivity contribution in [2.45, 2.75) is 43.9 Å². The molecule has 188 valence electrons. The third kappa shape index (κ3) is 6.87. The zero-order valence-corrected chi connectivity index (χ0v) is 22.8. The molecule has 0 aliphatic heterocycles. The third-order valence-electron chi connectivity index (χ3n) is 5.84. The van der Waals surface area contributed by atoms with Gasteiger partial charge in [-0.05, 0) is 80.7 Å². The second kappa shape index (κ2) is 12.4. The van der Waals surface area contributed by atoms with Crippen LogP contribution in [0, 0.1) is 6.92 Å². The highest BCUT2D eigenvalue weighted by atomic mass is 32.2. The van der Waals surface area contributed by atoms with E-state index in [0.717, 1.165) is 53.9 Å². The molecule has 0 radical (unpaired) electrons. The highest BCUT2D eigenvalue weighted by Gasteiger charge is 2.26. The SMILES string of the molecule is COC(=O)c1c(NC(=O)CSc2cccc(NC(=S)Nc3ccc(C)cc3)c2)sc2c1CCCCC2. The molecule has 9 heteroatoms. The number of hydrogen-bond acceptors (Lipinski definition) is 6. The average Bonchev–Trinajstić information content (AvgIpc) is 3.03. The van der Waals surface area contributed by atoms with Gasteiger partial charge in [0.25, 0.3) is 0 Å². The number of thiocarbonyl (C=S) groups is 1. The Bertz CT molecular complexity index is 1250. The third-order valence-corrected chi connectivity index (χ3v) is 8.24. The number of aryl methyl sites for hydroxylation is 2. The summed E-state index contributed by atoms with van der Waals surface area (Å²) in [6.45, 7) is 2.04. The van der Waals surface area contributed by atoms with E-state index in [0.29, 0.717) is 15.7 Å². The molecule has 0 saturated heterocycles. The fourth-order valence-electron chi connectivity index (χ4n) is 4.05. The van der Waals surface area contributed by atoms with Crippen LogP contribution in [0.3, 0.4) is 0 Å². The van der Waals surface area contributed by atoms with Gasteiger partial charge in [0.1, 0.15) is 5.00 Å². The maximum Gasteiger partial charge on any atom is 0.341 e. The van der Waals surface area contributed by atoms with Crippen LogP contribution in [0.1, 0.15) is 45.6 Å². The van der Waals surface area contributed by atoms with Crippen LogP contribution in [0.2, 0.25) is 0 Å². The fraction of sp³-hybridized carbons (Fsp3) is 0.296. The Morgan fingerprint density at radius 1 is 1.00 bits per heavy atom. The lowest BCUT2D eigenvalue weighted by Crippen LogP contribution is -2.19. The molecule has 0 fully saturated rings. The Morgan fingerprint density at radius 2 is 1.75 bits per heavy atom. The summed E-state index contributed by atoms with van der Waals surface area (Å²) < 4.78 is 5.03. The van der Waals surface area contributed by atoms with Crippen molar-refractivity contribution in [3.63, 3.8) is 0 Å². The molecule has 0 spiro atoms. The van der Waals surface area contributed by atoms with Crippen molar-refractivity contribution >= 4 is 68.7 Å². The van der Waals surface area contributed by atoms with Crippen molar-refractivity contribution in [1.82, 2.24) is 0 Å². The van der Waals surface area contributed by atoms with Crippen LogP contribution >= 0.6 is 35.3 Å². The lowest BCUT2D eigenvalue weighted by atomic mass is 10.1. The van der Waals surface area contributed by atoms with E-state index in [-0.39, 0.29) is 17.6 Å². The van der Waals surface area contributed by atoms with Gasteiger partial charge in [0.15, 0.2) is 5.11 Å².